The van der Waals surface area contributed by atoms with Crippen molar-refractivity contribution in [3.8, 4) is 11.5 Å². The van der Waals surface area contributed by atoms with Gasteiger partial charge in [-0.2, -0.15) is 0 Å². The van der Waals surface area contributed by atoms with Gasteiger partial charge >= 0.3 is 0 Å². The summed E-state index contributed by atoms with van der Waals surface area (Å²) in [6, 6.07) is 7.36. The van der Waals surface area contributed by atoms with Gasteiger partial charge < -0.3 is 10.5 Å². The Bertz CT molecular complexity index is 1090. The van der Waals surface area contributed by atoms with E-state index < -0.39 is 11.6 Å². The lowest BCUT2D eigenvalue weighted by molar-refractivity contribution is 0.439. The van der Waals surface area contributed by atoms with E-state index in [1.807, 2.05) is 16.2 Å². The Balaban J connectivity index is 1.99. The molecule has 1 aromatic heterocycles. The van der Waals surface area contributed by atoms with Gasteiger partial charge in [-0.3, -0.25) is 8.74 Å². The topological polar surface area (TPSA) is 52.5 Å². The molecule has 28 heavy (non-hydrogen) atoms. The number of halogens is 5. The van der Waals surface area contributed by atoms with E-state index >= 15 is 0 Å². The number of fused-ring (bicyclic) bond motifs is 1. The van der Waals surface area contributed by atoms with Crippen LogP contribution in [-0.4, -0.2) is 10.2 Å². The summed E-state index contributed by atoms with van der Waals surface area (Å²) in [4.78, 5) is 0. The minimum atomic E-state index is -0.533. The van der Waals surface area contributed by atoms with Gasteiger partial charge in [-0.1, -0.05) is 0 Å². The van der Waals surface area contributed by atoms with E-state index in [-0.39, 0.29) is 22.8 Å². The van der Waals surface area contributed by atoms with Gasteiger partial charge in [-0.05, 0) is 68.3 Å². The minimum Gasteiger partial charge on any atom is -0.453 e. The standard InChI is InChI=1S/C17H11BrF2I2N3OPS/c18-16-10-4-6-25(28-22)15(10)8-13(20)17(16)26-9-1-2-12(19)11(7-9)14(23)3-5-24-27-21/h1-8,27H,23H2/b14-3-,24-5+. The second-order valence-corrected chi connectivity index (χ2v) is 9.75. The molecule has 0 aliphatic carbocycles. The van der Waals surface area contributed by atoms with Crippen LogP contribution in [0.25, 0.3) is 16.6 Å². The summed E-state index contributed by atoms with van der Waals surface area (Å²) in [6.07, 6.45) is 5.23. The van der Waals surface area contributed by atoms with Gasteiger partial charge in [0, 0.05) is 65.4 Å². The zero-order chi connectivity index (χ0) is 20.3. The Morgan fingerprint density at radius 1 is 1.29 bits per heavy atom. The van der Waals surface area contributed by atoms with Gasteiger partial charge in [0.2, 0.25) is 0 Å². The average molecular weight is 708 g/mol. The van der Waals surface area contributed by atoms with Crippen molar-refractivity contribution >= 4 is 97.5 Å². The monoisotopic (exact) mass is 707 g/mol. The van der Waals surface area contributed by atoms with Crippen LogP contribution < -0.4 is 10.5 Å². The van der Waals surface area contributed by atoms with Gasteiger partial charge in [0.15, 0.2) is 11.6 Å². The zero-order valence-electron chi connectivity index (χ0n) is 13.8. The highest BCUT2D eigenvalue weighted by molar-refractivity contribution is 14.2. The number of hydrogen-bond donors (Lipinski definition) is 1. The summed E-state index contributed by atoms with van der Waals surface area (Å²) in [5.41, 5.74) is 7.02. The molecule has 1 heterocycles. The third-order valence-electron chi connectivity index (χ3n) is 3.73. The van der Waals surface area contributed by atoms with E-state index in [0.717, 1.165) is 10.9 Å². The van der Waals surface area contributed by atoms with Gasteiger partial charge in [-0.25, -0.2) is 8.78 Å². The molecule has 1 atom stereocenters. The first-order valence-corrected chi connectivity index (χ1v) is 15.7. The van der Waals surface area contributed by atoms with Crippen LogP contribution in [0.5, 0.6) is 11.5 Å². The fraction of sp³-hybridized carbons (Fsp3) is 0. The van der Waals surface area contributed by atoms with E-state index in [1.165, 1.54) is 45.7 Å². The molecule has 11 heteroatoms. The third-order valence-corrected chi connectivity index (χ3v) is 7.34. The number of allylic oxidation sites excluding steroid dienone is 1. The minimum absolute atomic E-state index is 0.0245. The van der Waals surface area contributed by atoms with Crippen LogP contribution in [0, 0.1) is 11.6 Å². The molecular formula is C17H11BrF2I2N3OPS. The van der Waals surface area contributed by atoms with Crippen LogP contribution in [0.2, 0.25) is 0 Å². The molecule has 3 aromatic rings. The molecule has 0 spiro atoms. The first-order valence-electron chi connectivity index (χ1n) is 7.56. The molecule has 0 aliphatic heterocycles. The maximum atomic E-state index is 14.7. The number of nitrogens with zero attached hydrogens (tertiary/aromatic N) is 2. The van der Waals surface area contributed by atoms with E-state index in [2.05, 4.69) is 63.9 Å². The quantitative estimate of drug-likeness (QED) is 0.163. The second kappa shape index (κ2) is 10.1. The number of aromatic nitrogens is 1. The lowest BCUT2D eigenvalue weighted by atomic mass is 10.1. The number of benzene rings is 2. The average Bonchev–Trinajstić information content (AvgIpc) is 3.09. The van der Waals surface area contributed by atoms with Crippen LogP contribution in [0.1, 0.15) is 5.56 Å². The summed E-state index contributed by atoms with van der Waals surface area (Å²) in [6.45, 7) is 0. The van der Waals surface area contributed by atoms with E-state index in [1.54, 1.807) is 0 Å². The van der Waals surface area contributed by atoms with Crippen LogP contribution in [-0.2, 0) is 0 Å². The van der Waals surface area contributed by atoms with Crippen molar-refractivity contribution < 1.29 is 13.5 Å². The number of nitrogens with two attached hydrogens (primary N) is 1. The first kappa shape index (κ1) is 22.3. The van der Waals surface area contributed by atoms with E-state index in [4.69, 9.17) is 10.5 Å². The molecule has 0 bridgehead atoms. The predicted octanol–water partition coefficient (Wildman–Crippen LogP) is 7.63. The van der Waals surface area contributed by atoms with Gasteiger partial charge in [0.1, 0.15) is 11.6 Å². The highest BCUT2D eigenvalue weighted by Crippen LogP contribution is 2.40. The maximum Gasteiger partial charge on any atom is 0.177 e. The molecule has 3 rings (SSSR count). The molecule has 0 radical (unpaired) electrons. The highest BCUT2D eigenvalue weighted by Gasteiger charge is 2.17. The highest BCUT2D eigenvalue weighted by atomic mass is 127. The summed E-state index contributed by atoms with van der Waals surface area (Å²) in [7, 11) is 1.43. The van der Waals surface area contributed by atoms with Crippen LogP contribution in [0.4, 0.5) is 8.78 Å². The fourth-order valence-electron chi connectivity index (χ4n) is 2.46. The van der Waals surface area contributed by atoms with Crippen molar-refractivity contribution in [3.63, 3.8) is 0 Å². The molecule has 0 aliphatic rings. The van der Waals surface area contributed by atoms with Crippen LogP contribution >= 0.6 is 74.7 Å². The smallest absolute Gasteiger partial charge is 0.177 e. The van der Waals surface area contributed by atoms with Crippen LogP contribution in [0.15, 0.2) is 51.8 Å². The first-order chi connectivity index (χ1) is 13.5. The van der Waals surface area contributed by atoms with Crippen molar-refractivity contribution in [2.75, 3.05) is 0 Å². The zero-order valence-corrected chi connectivity index (χ0v) is 21.5. The lowest BCUT2D eigenvalue weighted by Gasteiger charge is -2.12. The fourth-order valence-corrected chi connectivity index (χ4v) is 5.04. The summed E-state index contributed by atoms with van der Waals surface area (Å²) < 4.78 is 41.0. The number of rotatable bonds is 6. The van der Waals surface area contributed by atoms with Crippen molar-refractivity contribution in [1.29, 1.82) is 0 Å². The van der Waals surface area contributed by atoms with Crippen molar-refractivity contribution in [2.24, 2.45) is 10.5 Å². The second-order valence-electron chi connectivity index (χ2n) is 5.37. The Hall–Kier alpha value is -0.430. The summed E-state index contributed by atoms with van der Waals surface area (Å²) in [5, 5.41) is 0.804. The molecule has 1 unspecified atom stereocenters. The molecule has 2 aromatic carbocycles. The molecule has 146 valence electrons. The molecule has 4 nitrogen and oxygen atoms in total. The maximum absolute atomic E-state index is 14.7. The Morgan fingerprint density at radius 2 is 2.07 bits per heavy atom. The number of hydrogen-bond acceptors (Lipinski definition) is 4. The van der Waals surface area contributed by atoms with E-state index in [9.17, 15) is 8.78 Å². The van der Waals surface area contributed by atoms with Crippen molar-refractivity contribution in [3.05, 3.63) is 64.3 Å². The van der Waals surface area contributed by atoms with E-state index in [0.29, 0.717) is 10.8 Å². The summed E-state index contributed by atoms with van der Waals surface area (Å²) in [5.74, 6) is -0.745. The summed E-state index contributed by atoms with van der Waals surface area (Å²) >= 11 is 7.65. The van der Waals surface area contributed by atoms with Gasteiger partial charge in [0.25, 0.3) is 0 Å². The Labute approximate surface area is 199 Å². The predicted molar refractivity (Wildman–Crippen MR) is 136 cm³/mol. The normalized spacial score (nSPS) is 12.7. The molecule has 0 saturated carbocycles. The van der Waals surface area contributed by atoms with Gasteiger partial charge in [-0.15, -0.1) is 0 Å². The SMILES string of the molecule is N/C(=C\C=N\PI)c1cc(Oc2c(F)cc3c(ccn3SI)c2Br)ccc1F. The largest absolute Gasteiger partial charge is 0.453 e. The molecule has 0 amide bonds. The van der Waals surface area contributed by atoms with Gasteiger partial charge in [0.05, 0.1) is 16.4 Å². The Kier molecular flexibility index (Phi) is 7.99. The third kappa shape index (κ3) is 4.82. The molecule has 0 saturated heterocycles. The Morgan fingerprint density at radius 3 is 2.79 bits per heavy atom. The van der Waals surface area contributed by atoms with Crippen molar-refractivity contribution in [2.45, 2.75) is 0 Å². The van der Waals surface area contributed by atoms with Crippen LogP contribution in [0.3, 0.4) is 0 Å². The lowest BCUT2D eigenvalue weighted by Crippen LogP contribution is -2.01. The van der Waals surface area contributed by atoms with Crippen molar-refractivity contribution in [1.82, 2.24) is 3.97 Å². The molecule has 0 fully saturated rings. The number of ether oxygens (including phenoxy) is 1. The molecule has 2 N–H and O–H groups in total. The molecular weight excluding hydrogens is 697 g/mol.